The monoisotopic (exact) mass is 170 g/mol. The Bertz CT molecular complexity index is 89.9. The van der Waals surface area contributed by atoms with E-state index in [0.717, 1.165) is 0 Å². The second-order valence-corrected chi connectivity index (χ2v) is 3.41. The standard InChI is InChI=1S/C4H8ClO3P/c1-6-2-4-3-7-9(5)8-4/h4H,2-3H2,1H3. The Morgan fingerprint density at radius 2 is 2.67 bits per heavy atom. The second-order valence-electron chi connectivity index (χ2n) is 1.69. The molecule has 3 nitrogen and oxygen atoms in total. The molecule has 2 unspecified atom stereocenters. The van der Waals surface area contributed by atoms with Gasteiger partial charge in [-0.1, -0.05) is 0 Å². The quantitative estimate of drug-likeness (QED) is 0.588. The van der Waals surface area contributed by atoms with Gasteiger partial charge in [-0.25, -0.2) is 0 Å². The lowest BCUT2D eigenvalue weighted by Crippen LogP contribution is -2.15. The van der Waals surface area contributed by atoms with Crippen molar-refractivity contribution in [3.05, 3.63) is 0 Å². The number of hydrogen-bond acceptors (Lipinski definition) is 3. The number of rotatable bonds is 2. The first-order valence-corrected chi connectivity index (χ1v) is 4.65. The molecule has 1 saturated heterocycles. The van der Waals surface area contributed by atoms with Crippen LogP contribution in [0.3, 0.4) is 0 Å². The Morgan fingerprint density at radius 1 is 1.89 bits per heavy atom. The fraction of sp³-hybridized carbons (Fsp3) is 1.00. The highest BCUT2D eigenvalue weighted by Gasteiger charge is 2.24. The first-order valence-electron chi connectivity index (χ1n) is 2.57. The molecule has 9 heavy (non-hydrogen) atoms. The summed E-state index contributed by atoms with van der Waals surface area (Å²) in [5, 5.41) is 0. The molecule has 0 aromatic rings. The average molecular weight is 171 g/mol. The molecule has 0 N–H and O–H groups in total. The van der Waals surface area contributed by atoms with E-state index in [1.54, 1.807) is 7.11 Å². The molecule has 1 rings (SSSR count). The fourth-order valence-electron chi connectivity index (χ4n) is 0.584. The molecule has 0 spiro atoms. The van der Waals surface area contributed by atoms with Crippen LogP contribution in [0.15, 0.2) is 0 Å². The van der Waals surface area contributed by atoms with Gasteiger partial charge < -0.3 is 13.8 Å². The average Bonchev–Trinajstić information content (AvgIpc) is 2.17. The molecule has 0 aromatic carbocycles. The summed E-state index contributed by atoms with van der Waals surface area (Å²) in [5.74, 6) is 0. The minimum absolute atomic E-state index is 0.0404. The first kappa shape index (κ1) is 7.70. The molecule has 2 atom stereocenters. The van der Waals surface area contributed by atoms with E-state index in [-0.39, 0.29) is 6.10 Å². The van der Waals surface area contributed by atoms with Crippen LogP contribution in [0.4, 0.5) is 0 Å². The Morgan fingerprint density at radius 3 is 3.11 bits per heavy atom. The normalized spacial score (nSPS) is 35.3. The van der Waals surface area contributed by atoms with E-state index in [4.69, 9.17) is 25.0 Å². The van der Waals surface area contributed by atoms with Gasteiger partial charge >= 0.3 is 0 Å². The molecule has 0 saturated carbocycles. The van der Waals surface area contributed by atoms with Crippen molar-refractivity contribution in [1.82, 2.24) is 0 Å². The number of ether oxygens (including phenoxy) is 1. The minimum Gasteiger partial charge on any atom is -0.382 e. The molecule has 54 valence electrons. The van der Waals surface area contributed by atoms with Gasteiger partial charge in [0.15, 0.2) is 0 Å². The number of methoxy groups -OCH3 is 1. The van der Waals surface area contributed by atoms with Crippen molar-refractivity contribution < 1.29 is 13.8 Å². The summed E-state index contributed by atoms with van der Waals surface area (Å²) in [4.78, 5) is 0. The third-order valence-corrected chi connectivity index (χ3v) is 2.29. The molecule has 0 radical (unpaired) electrons. The third kappa shape index (κ3) is 2.36. The maximum absolute atomic E-state index is 5.51. The maximum atomic E-state index is 5.51. The molecule has 0 aromatic heterocycles. The summed E-state index contributed by atoms with van der Waals surface area (Å²) in [5.41, 5.74) is 0. The Kier molecular flexibility index (Phi) is 3.16. The van der Waals surface area contributed by atoms with Gasteiger partial charge in [-0.15, -0.1) is 0 Å². The topological polar surface area (TPSA) is 27.7 Å². The third-order valence-electron chi connectivity index (χ3n) is 0.946. The molecule has 0 aliphatic carbocycles. The van der Waals surface area contributed by atoms with Gasteiger partial charge in [0.1, 0.15) is 6.10 Å². The van der Waals surface area contributed by atoms with Crippen LogP contribution in [-0.2, 0) is 13.8 Å². The summed E-state index contributed by atoms with van der Waals surface area (Å²) >= 11 is 5.51. The lowest BCUT2D eigenvalue weighted by Gasteiger charge is -2.03. The fourth-order valence-corrected chi connectivity index (χ4v) is 1.79. The van der Waals surface area contributed by atoms with E-state index in [9.17, 15) is 0 Å². The van der Waals surface area contributed by atoms with Crippen molar-refractivity contribution in [2.45, 2.75) is 6.10 Å². The van der Waals surface area contributed by atoms with Crippen molar-refractivity contribution in [3.63, 3.8) is 0 Å². The van der Waals surface area contributed by atoms with Gasteiger partial charge in [0.25, 0.3) is 7.73 Å². The lowest BCUT2D eigenvalue weighted by molar-refractivity contribution is 0.0968. The molecule has 0 bridgehead atoms. The van der Waals surface area contributed by atoms with Crippen molar-refractivity contribution in [2.75, 3.05) is 20.3 Å². The summed E-state index contributed by atoms with van der Waals surface area (Å²) in [6.07, 6.45) is 0.0404. The highest BCUT2D eigenvalue weighted by atomic mass is 35.7. The van der Waals surface area contributed by atoms with Gasteiger partial charge in [-0.05, 0) is 11.2 Å². The molecular weight excluding hydrogens is 162 g/mol. The predicted octanol–water partition coefficient (Wildman–Crippen LogP) is 1.51. The van der Waals surface area contributed by atoms with Gasteiger partial charge in [0.05, 0.1) is 13.2 Å². The molecule has 1 aliphatic rings. The molecule has 5 heteroatoms. The Balaban J connectivity index is 2.14. The van der Waals surface area contributed by atoms with E-state index in [2.05, 4.69) is 0 Å². The van der Waals surface area contributed by atoms with Crippen molar-refractivity contribution in [3.8, 4) is 0 Å². The maximum Gasteiger partial charge on any atom is 0.277 e. The number of hydrogen-bond donors (Lipinski definition) is 0. The SMILES string of the molecule is COCC1COP(Cl)O1. The van der Waals surface area contributed by atoms with Crippen LogP contribution < -0.4 is 0 Å². The van der Waals surface area contributed by atoms with Crippen LogP contribution in [0.1, 0.15) is 0 Å². The van der Waals surface area contributed by atoms with E-state index in [1.165, 1.54) is 0 Å². The van der Waals surface area contributed by atoms with Crippen LogP contribution in [0, 0.1) is 0 Å². The Hall–Kier alpha value is 0.600. The number of halogens is 1. The van der Waals surface area contributed by atoms with Gasteiger partial charge in [0, 0.05) is 7.11 Å². The largest absolute Gasteiger partial charge is 0.382 e. The zero-order valence-corrected chi connectivity index (χ0v) is 6.69. The van der Waals surface area contributed by atoms with Gasteiger partial charge in [-0.2, -0.15) is 0 Å². The Labute approximate surface area is 59.9 Å². The summed E-state index contributed by atoms with van der Waals surface area (Å²) < 4.78 is 14.9. The van der Waals surface area contributed by atoms with Crippen LogP contribution in [0.5, 0.6) is 0 Å². The predicted molar refractivity (Wildman–Crippen MR) is 35.5 cm³/mol. The first-order chi connectivity index (χ1) is 4.33. The second kappa shape index (κ2) is 3.69. The zero-order chi connectivity index (χ0) is 6.69. The summed E-state index contributed by atoms with van der Waals surface area (Å²) in [6, 6.07) is 0. The van der Waals surface area contributed by atoms with E-state index >= 15 is 0 Å². The molecular formula is C4H8ClO3P. The van der Waals surface area contributed by atoms with Gasteiger partial charge in [-0.3, -0.25) is 0 Å². The van der Waals surface area contributed by atoms with Crippen LogP contribution in [0.2, 0.25) is 0 Å². The molecule has 1 heterocycles. The zero-order valence-electron chi connectivity index (χ0n) is 5.04. The molecule has 1 aliphatic heterocycles. The lowest BCUT2D eigenvalue weighted by atomic mass is 10.4. The van der Waals surface area contributed by atoms with E-state index < -0.39 is 7.73 Å². The van der Waals surface area contributed by atoms with Crippen molar-refractivity contribution in [2.24, 2.45) is 0 Å². The van der Waals surface area contributed by atoms with Crippen LogP contribution in [0.25, 0.3) is 0 Å². The van der Waals surface area contributed by atoms with E-state index in [1.807, 2.05) is 0 Å². The molecule has 1 fully saturated rings. The highest BCUT2D eigenvalue weighted by molar-refractivity contribution is 7.76. The highest BCUT2D eigenvalue weighted by Crippen LogP contribution is 2.49. The van der Waals surface area contributed by atoms with Crippen molar-refractivity contribution in [1.29, 1.82) is 0 Å². The minimum atomic E-state index is -1.12. The summed E-state index contributed by atoms with van der Waals surface area (Å²) in [6.45, 7) is 1.12. The van der Waals surface area contributed by atoms with Crippen molar-refractivity contribution >= 4 is 19.0 Å². The van der Waals surface area contributed by atoms with Gasteiger partial charge in [0.2, 0.25) is 0 Å². The van der Waals surface area contributed by atoms with Crippen LogP contribution >= 0.6 is 19.0 Å². The summed E-state index contributed by atoms with van der Waals surface area (Å²) in [7, 11) is 0.500. The molecule has 0 amide bonds. The van der Waals surface area contributed by atoms with E-state index in [0.29, 0.717) is 13.2 Å². The smallest absolute Gasteiger partial charge is 0.277 e. The van der Waals surface area contributed by atoms with Crippen LogP contribution in [-0.4, -0.2) is 26.4 Å².